The van der Waals surface area contributed by atoms with Gasteiger partial charge in [0.05, 0.1) is 28.5 Å². The van der Waals surface area contributed by atoms with Gasteiger partial charge in [-0.25, -0.2) is 0 Å². The molecule has 0 bridgehead atoms. The molecule has 1 saturated heterocycles. The third kappa shape index (κ3) is 4.68. The van der Waals surface area contributed by atoms with Gasteiger partial charge < -0.3 is 10.2 Å². The molecule has 3 rings (SSSR count). The third-order valence-electron chi connectivity index (χ3n) is 6.01. The Bertz CT molecular complexity index is 919. The summed E-state index contributed by atoms with van der Waals surface area (Å²) in [6, 6.07) is 14.5. The number of benzene rings is 1. The summed E-state index contributed by atoms with van der Waals surface area (Å²) in [6.45, 7) is 4.90. The highest BCUT2D eigenvalue weighted by molar-refractivity contribution is 8.03. The van der Waals surface area contributed by atoms with Crippen LogP contribution in [0.4, 0.5) is 0 Å². The van der Waals surface area contributed by atoms with Gasteiger partial charge in [-0.1, -0.05) is 55.9 Å². The Morgan fingerprint density at radius 3 is 2.50 bits per heavy atom. The van der Waals surface area contributed by atoms with E-state index in [-0.39, 0.29) is 11.7 Å². The topological polar surface area (TPSA) is 97.0 Å². The summed E-state index contributed by atoms with van der Waals surface area (Å²) in [7, 11) is 0. The van der Waals surface area contributed by atoms with Crippen LogP contribution in [-0.2, 0) is 16.0 Å². The number of nitriles is 2. The second-order valence-corrected chi connectivity index (χ2v) is 9.38. The molecule has 0 saturated carbocycles. The van der Waals surface area contributed by atoms with Crippen LogP contribution in [0.25, 0.3) is 0 Å². The monoisotopic (exact) mass is 422 g/mol. The molecule has 0 unspecified atom stereocenters. The summed E-state index contributed by atoms with van der Waals surface area (Å²) >= 11 is 1.18. The van der Waals surface area contributed by atoms with Crippen LogP contribution in [-0.4, -0.2) is 35.6 Å². The molecule has 7 heteroatoms. The van der Waals surface area contributed by atoms with Crippen molar-refractivity contribution in [3.8, 4) is 12.1 Å². The van der Waals surface area contributed by atoms with Crippen molar-refractivity contribution in [1.82, 2.24) is 10.2 Å². The quantitative estimate of drug-likeness (QED) is 0.786. The summed E-state index contributed by atoms with van der Waals surface area (Å²) in [4.78, 5) is 26.8. The first-order valence-electron chi connectivity index (χ1n) is 10.2. The fourth-order valence-electron chi connectivity index (χ4n) is 4.09. The van der Waals surface area contributed by atoms with Crippen molar-refractivity contribution in [2.45, 2.75) is 33.1 Å². The van der Waals surface area contributed by atoms with Crippen molar-refractivity contribution >= 4 is 23.6 Å². The van der Waals surface area contributed by atoms with Crippen molar-refractivity contribution < 1.29 is 9.59 Å². The van der Waals surface area contributed by atoms with E-state index >= 15 is 0 Å². The molecule has 2 aliphatic rings. The highest BCUT2D eigenvalue weighted by atomic mass is 32.2. The molecular weight excluding hydrogens is 396 g/mol. The molecule has 30 heavy (non-hydrogen) atoms. The second-order valence-electron chi connectivity index (χ2n) is 8.39. The van der Waals surface area contributed by atoms with Crippen molar-refractivity contribution in [2.24, 2.45) is 17.3 Å². The lowest BCUT2D eigenvalue weighted by atomic mass is 9.72. The maximum absolute atomic E-state index is 12.7. The predicted molar refractivity (Wildman–Crippen MR) is 116 cm³/mol. The van der Waals surface area contributed by atoms with Crippen LogP contribution >= 0.6 is 11.8 Å². The lowest BCUT2D eigenvalue weighted by molar-refractivity contribution is -0.129. The number of likely N-dealkylation sites (tertiary alicyclic amines) is 1. The van der Waals surface area contributed by atoms with Crippen molar-refractivity contribution in [3.05, 3.63) is 46.5 Å². The van der Waals surface area contributed by atoms with Gasteiger partial charge in [-0.05, 0) is 30.7 Å². The molecular formula is C23H26N4O2S. The average molecular weight is 423 g/mol. The van der Waals surface area contributed by atoms with E-state index in [9.17, 15) is 20.1 Å². The molecule has 0 aromatic heterocycles. The van der Waals surface area contributed by atoms with E-state index < -0.39 is 17.2 Å². The van der Waals surface area contributed by atoms with Gasteiger partial charge in [0.1, 0.15) is 5.92 Å². The summed E-state index contributed by atoms with van der Waals surface area (Å²) in [5.74, 6) is -0.581. The number of allylic oxidation sites excluding steroid dienone is 1. The molecule has 2 amide bonds. The summed E-state index contributed by atoms with van der Waals surface area (Å²) in [5, 5.41) is 21.9. The molecule has 2 aliphatic heterocycles. The van der Waals surface area contributed by atoms with E-state index in [2.05, 4.69) is 35.7 Å². The fourth-order valence-corrected chi connectivity index (χ4v) is 5.17. The second kappa shape index (κ2) is 9.36. The average Bonchev–Trinajstić information content (AvgIpc) is 2.73. The number of piperidine rings is 1. The Morgan fingerprint density at radius 1 is 1.23 bits per heavy atom. The maximum atomic E-state index is 12.7. The molecule has 1 aromatic carbocycles. The van der Waals surface area contributed by atoms with Crippen LogP contribution in [0.5, 0.6) is 0 Å². The zero-order valence-corrected chi connectivity index (χ0v) is 18.2. The van der Waals surface area contributed by atoms with E-state index in [1.165, 1.54) is 17.3 Å². The SMILES string of the molecule is CC1(C)C(C#N)=C(SCC(=O)N2CCC(Cc3ccccc3)CC2)NC(=O)[C@@H]1C#N. The zero-order chi connectivity index (χ0) is 21.7. The Morgan fingerprint density at radius 2 is 1.90 bits per heavy atom. The van der Waals surface area contributed by atoms with Crippen LogP contribution in [0.3, 0.4) is 0 Å². The zero-order valence-electron chi connectivity index (χ0n) is 17.4. The molecule has 1 N–H and O–H groups in total. The normalized spacial score (nSPS) is 21.5. The number of carbonyl (C=O) groups excluding carboxylic acids is 2. The number of nitrogens with zero attached hydrogens (tertiary/aromatic N) is 3. The van der Waals surface area contributed by atoms with Gasteiger partial charge in [0.15, 0.2) is 0 Å². The predicted octanol–water partition coefficient (Wildman–Crippen LogP) is 3.23. The minimum absolute atomic E-state index is 0.0115. The highest BCUT2D eigenvalue weighted by Gasteiger charge is 2.44. The van der Waals surface area contributed by atoms with Crippen LogP contribution in [0.2, 0.25) is 0 Å². The van der Waals surface area contributed by atoms with Crippen LogP contribution in [0, 0.1) is 39.9 Å². The fraction of sp³-hybridized carbons (Fsp3) is 0.478. The van der Waals surface area contributed by atoms with E-state index in [0.717, 1.165) is 32.4 Å². The van der Waals surface area contributed by atoms with Crippen LogP contribution in [0.1, 0.15) is 32.3 Å². The first-order valence-corrected chi connectivity index (χ1v) is 11.1. The molecule has 0 spiro atoms. The van der Waals surface area contributed by atoms with Gasteiger partial charge in [-0.15, -0.1) is 0 Å². The smallest absolute Gasteiger partial charge is 0.243 e. The molecule has 1 atom stereocenters. The van der Waals surface area contributed by atoms with Gasteiger partial charge in [0.2, 0.25) is 11.8 Å². The van der Waals surface area contributed by atoms with Crippen LogP contribution < -0.4 is 5.32 Å². The molecule has 2 heterocycles. The summed E-state index contributed by atoms with van der Waals surface area (Å²) in [5.41, 5.74) is 0.806. The summed E-state index contributed by atoms with van der Waals surface area (Å²) in [6.07, 6.45) is 2.99. The van der Waals surface area contributed by atoms with E-state index in [4.69, 9.17) is 0 Å². The Hall–Kier alpha value is -2.77. The first-order chi connectivity index (χ1) is 14.4. The molecule has 156 valence electrons. The molecule has 6 nitrogen and oxygen atoms in total. The number of hydrogen-bond donors (Lipinski definition) is 1. The maximum Gasteiger partial charge on any atom is 0.243 e. The number of nitrogens with one attached hydrogen (secondary N) is 1. The van der Waals surface area contributed by atoms with E-state index in [0.29, 0.717) is 16.5 Å². The highest BCUT2D eigenvalue weighted by Crippen LogP contribution is 2.41. The number of rotatable bonds is 5. The minimum Gasteiger partial charge on any atom is -0.342 e. The van der Waals surface area contributed by atoms with E-state index in [1.807, 2.05) is 17.0 Å². The van der Waals surface area contributed by atoms with Gasteiger partial charge >= 0.3 is 0 Å². The van der Waals surface area contributed by atoms with E-state index in [1.54, 1.807) is 13.8 Å². The van der Waals surface area contributed by atoms with Crippen molar-refractivity contribution in [1.29, 1.82) is 10.5 Å². The number of hydrogen-bond acceptors (Lipinski definition) is 5. The van der Waals surface area contributed by atoms with Crippen molar-refractivity contribution in [3.63, 3.8) is 0 Å². The van der Waals surface area contributed by atoms with Gasteiger partial charge in [-0.2, -0.15) is 10.5 Å². The third-order valence-corrected chi connectivity index (χ3v) is 6.99. The molecule has 1 aromatic rings. The van der Waals surface area contributed by atoms with Gasteiger partial charge in [0, 0.05) is 18.5 Å². The Labute approximate surface area is 181 Å². The van der Waals surface area contributed by atoms with Crippen molar-refractivity contribution in [2.75, 3.05) is 18.8 Å². The molecule has 0 aliphatic carbocycles. The molecule has 1 fully saturated rings. The standard InChI is InChI=1S/C23H26N4O2S/c1-23(2)18(13-24)21(29)26-22(19(23)14-25)30-15-20(28)27-10-8-17(9-11-27)12-16-6-4-3-5-7-16/h3-7,17-18H,8-12,15H2,1-2H3,(H,26,29)/t18-/m0/s1. The minimum atomic E-state index is -0.921. The van der Waals surface area contributed by atoms with Gasteiger partial charge in [-0.3, -0.25) is 9.59 Å². The first kappa shape index (κ1) is 21.9. The Balaban J connectivity index is 1.56. The lowest BCUT2D eigenvalue weighted by Gasteiger charge is -2.35. The Kier molecular flexibility index (Phi) is 6.84. The largest absolute Gasteiger partial charge is 0.342 e. The van der Waals surface area contributed by atoms with Gasteiger partial charge in [0.25, 0.3) is 0 Å². The number of amides is 2. The number of thioether (sulfide) groups is 1. The van der Waals surface area contributed by atoms with Crippen LogP contribution in [0.15, 0.2) is 40.9 Å². The number of carbonyl (C=O) groups is 2. The summed E-state index contributed by atoms with van der Waals surface area (Å²) < 4.78 is 0. The molecule has 0 radical (unpaired) electrons. The lowest BCUT2D eigenvalue weighted by Crippen LogP contribution is -2.45.